The summed E-state index contributed by atoms with van der Waals surface area (Å²) >= 11 is 8.83. The summed E-state index contributed by atoms with van der Waals surface area (Å²) < 4.78 is 26.7. The van der Waals surface area contributed by atoms with Gasteiger partial charge in [-0.1, -0.05) is 11.6 Å². The third-order valence-electron chi connectivity index (χ3n) is 2.44. The van der Waals surface area contributed by atoms with Gasteiger partial charge in [-0.15, -0.1) is 0 Å². The van der Waals surface area contributed by atoms with E-state index in [0.717, 1.165) is 6.07 Å². The molecule has 0 aliphatic carbocycles. The van der Waals surface area contributed by atoms with Gasteiger partial charge in [-0.3, -0.25) is 5.10 Å². The molecule has 0 atom stereocenters. The number of halogens is 2. The van der Waals surface area contributed by atoms with Crippen molar-refractivity contribution in [2.24, 2.45) is 0 Å². The number of hydrogen-bond acceptors (Lipinski definition) is 5. The van der Waals surface area contributed by atoms with Gasteiger partial charge >= 0.3 is 5.97 Å². The molecule has 0 saturated carbocycles. The van der Waals surface area contributed by atoms with E-state index in [2.05, 4.69) is 35.8 Å². The molecule has 112 valence electrons. The second-order valence-electron chi connectivity index (χ2n) is 3.83. The Bertz CT molecular complexity index is 779. The average molecular weight is 396 g/mol. The second kappa shape index (κ2) is 6.10. The highest BCUT2D eigenvalue weighted by Gasteiger charge is 2.21. The topological polar surface area (TPSA) is 125 Å². The van der Waals surface area contributed by atoms with E-state index in [0.29, 0.717) is 5.82 Å². The van der Waals surface area contributed by atoms with Gasteiger partial charge in [-0.2, -0.15) is 5.10 Å². The van der Waals surface area contributed by atoms with Crippen molar-refractivity contribution in [2.45, 2.75) is 11.4 Å². The van der Waals surface area contributed by atoms with Crippen LogP contribution in [0.25, 0.3) is 0 Å². The highest BCUT2D eigenvalue weighted by molar-refractivity contribution is 9.10. The summed E-state index contributed by atoms with van der Waals surface area (Å²) in [5.74, 6) is -1.00. The van der Waals surface area contributed by atoms with Crippen LogP contribution in [-0.2, 0) is 16.6 Å². The number of carboxylic acids is 1. The minimum atomic E-state index is -3.92. The molecule has 0 amide bonds. The van der Waals surface area contributed by atoms with Crippen LogP contribution in [0, 0.1) is 0 Å². The fourth-order valence-corrected chi connectivity index (χ4v) is 3.28. The van der Waals surface area contributed by atoms with Crippen LogP contribution in [0.4, 0.5) is 0 Å². The Labute approximate surface area is 132 Å². The molecule has 0 saturated heterocycles. The summed E-state index contributed by atoms with van der Waals surface area (Å²) in [4.78, 5) is 14.6. The van der Waals surface area contributed by atoms with Crippen LogP contribution in [-0.4, -0.2) is 34.7 Å². The van der Waals surface area contributed by atoms with Crippen molar-refractivity contribution >= 4 is 43.5 Å². The molecule has 1 aromatic carbocycles. The molecule has 1 heterocycles. The Kier molecular flexibility index (Phi) is 4.61. The lowest BCUT2D eigenvalue weighted by Gasteiger charge is -2.08. The molecule has 0 unspecified atom stereocenters. The molecule has 8 nitrogen and oxygen atoms in total. The van der Waals surface area contributed by atoms with Crippen LogP contribution in [0.1, 0.15) is 16.2 Å². The van der Waals surface area contributed by atoms with E-state index in [1.54, 1.807) is 0 Å². The summed E-state index contributed by atoms with van der Waals surface area (Å²) in [6.07, 6.45) is 1.24. The highest BCUT2D eigenvalue weighted by atomic mass is 79.9. The van der Waals surface area contributed by atoms with Crippen molar-refractivity contribution in [2.75, 3.05) is 0 Å². The van der Waals surface area contributed by atoms with Gasteiger partial charge in [0.1, 0.15) is 12.2 Å². The van der Waals surface area contributed by atoms with Gasteiger partial charge in [0.15, 0.2) is 0 Å². The summed E-state index contributed by atoms with van der Waals surface area (Å²) in [6.45, 7) is -0.106. The fraction of sp³-hybridized carbons (Fsp3) is 0.100. The Morgan fingerprint density at radius 3 is 2.76 bits per heavy atom. The first kappa shape index (κ1) is 15.9. The molecule has 0 fully saturated rings. The van der Waals surface area contributed by atoms with Crippen LogP contribution in [0.2, 0.25) is 5.02 Å². The van der Waals surface area contributed by atoms with Crippen molar-refractivity contribution in [1.82, 2.24) is 19.9 Å². The second-order valence-corrected chi connectivity index (χ2v) is 6.83. The molecule has 2 rings (SSSR count). The molecule has 2 aromatic rings. The summed E-state index contributed by atoms with van der Waals surface area (Å²) in [6, 6.07) is 2.20. The van der Waals surface area contributed by atoms with E-state index in [4.69, 9.17) is 16.7 Å². The Morgan fingerprint density at radius 1 is 1.48 bits per heavy atom. The van der Waals surface area contributed by atoms with Crippen LogP contribution in [0.3, 0.4) is 0 Å². The largest absolute Gasteiger partial charge is 0.478 e. The van der Waals surface area contributed by atoms with E-state index in [1.165, 1.54) is 12.4 Å². The lowest BCUT2D eigenvalue weighted by molar-refractivity contribution is 0.0696. The number of rotatable bonds is 5. The molecular weight excluding hydrogens is 388 g/mol. The number of carbonyl (C=O) groups is 1. The third-order valence-corrected chi connectivity index (χ3v) is 5.08. The third kappa shape index (κ3) is 3.59. The molecule has 3 N–H and O–H groups in total. The lowest BCUT2D eigenvalue weighted by Crippen LogP contribution is -2.24. The molecule has 0 aliphatic heterocycles. The smallest absolute Gasteiger partial charge is 0.337 e. The number of nitrogens with one attached hydrogen (secondary N) is 2. The van der Waals surface area contributed by atoms with Gasteiger partial charge in [0.2, 0.25) is 10.0 Å². The van der Waals surface area contributed by atoms with Crippen molar-refractivity contribution in [3.8, 4) is 0 Å². The molecule has 11 heteroatoms. The number of nitrogens with zero attached hydrogens (tertiary/aromatic N) is 2. The van der Waals surface area contributed by atoms with Crippen molar-refractivity contribution in [3.63, 3.8) is 0 Å². The van der Waals surface area contributed by atoms with E-state index >= 15 is 0 Å². The number of benzene rings is 1. The van der Waals surface area contributed by atoms with E-state index in [9.17, 15) is 13.2 Å². The van der Waals surface area contributed by atoms with Gasteiger partial charge in [-0.05, 0) is 28.1 Å². The molecule has 1 aromatic heterocycles. The van der Waals surface area contributed by atoms with Crippen LogP contribution in [0.15, 0.2) is 27.8 Å². The minimum Gasteiger partial charge on any atom is -0.478 e. The molecule has 0 bridgehead atoms. The summed E-state index contributed by atoms with van der Waals surface area (Å²) in [5, 5.41) is 15.0. The maximum absolute atomic E-state index is 12.1. The van der Waals surface area contributed by atoms with E-state index < -0.39 is 16.0 Å². The van der Waals surface area contributed by atoms with Gasteiger partial charge in [-0.25, -0.2) is 22.9 Å². The zero-order valence-corrected chi connectivity index (χ0v) is 13.3. The van der Waals surface area contributed by atoms with Crippen molar-refractivity contribution in [3.05, 3.63) is 39.3 Å². The maximum atomic E-state index is 12.1. The van der Waals surface area contributed by atoms with Gasteiger partial charge < -0.3 is 5.11 Å². The Hall–Kier alpha value is -1.49. The molecular formula is C10H8BrClN4O4S. The van der Waals surface area contributed by atoms with Crippen LogP contribution in [0.5, 0.6) is 0 Å². The predicted molar refractivity (Wildman–Crippen MR) is 76.5 cm³/mol. The summed E-state index contributed by atoms with van der Waals surface area (Å²) in [5.41, 5.74) is -0.314. The first-order valence-corrected chi connectivity index (χ1v) is 8.03. The van der Waals surface area contributed by atoms with Gasteiger partial charge in [0.25, 0.3) is 0 Å². The normalized spacial score (nSPS) is 11.5. The number of sulfonamides is 1. The Balaban J connectivity index is 2.33. The number of aromatic nitrogens is 3. The first-order valence-electron chi connectivity index (χ1n) is 5.37. The number of hydrogen-bond donors (Lipinski definition) is 3. The quantitative estimate of drug-likeness (QED) is 0.702. The zero-order chi connectivity index (χ0) is 15.6. The molecule has 21 heavy (non-hydrogen) atoms. The van der Waals surface area contributed by atoms with Crippen LogP contribution < -0.4 is 4.72 Å². The SMILES string of the molecule is O=C(O)c1cc(S(=O)(=O)NCc2ncn[nH]2)cc(Br)c1Cl. The average Bonchev–Trinajstić information content (AvgIpc) is 2.92. The number of aromatic amines is 1. The molecule has 0 spiro atoms. The summed E-state index contributed by atoms with van der Waals surface area (Å²) in [7, 11) is -3.92. The molecule has 0 aliphatic rings. The number of aromatic carboxylic acids is 1. The lowest BCUT2D eigenvalue weighted by atomic mass is 10.2. The number of carboxylic acid groups (broad SMARTS) is 1. The maximum Gasteiger partial charge on any atom is 0.337 e. The minimum absolute atomic E-state index is 0.0725. The van der Waals surface area contributed by atoms with Crippen molar-refractivity contribution < 1.29 is 18.3 Å². The van der Waals surface area contributed by atoms with Crippen LogP contribution >= 0.6 is 27.5 Å². The standard InChI is InChI=1S/C10H8BrClN4O4S/c11-7-2-5(1-6(9(7)12)10(17)18)21(19,20)15-3-8-13-4-14-16-8/h1-2,4,15H,3H2,(H,17,18)(H,13,14,16). The predicted octanol–water partition coefficient (Wildman–Crippen LogP) is 1.40. The zero-order valence-electron chi connectivity index (χ0n) is 10.2. The Morgan fingerprint density at radius 2 is 2.19 bits per heavy atom. The van der Waals surface area contributed by atoms with E-state index in [1.807, 2.05) is 0 Å². The molecule has 0 radical (unpaired) electrons. The van der Waals surface area contributed by atoms with E-state index in [-0.39, 0.29) is 26.5 Å². The monoisotopic (exact) mass is 394 g/mol. The number of H-pyrrole nitrogens is 1. The van der Waals surface area contributed by atoms with Crippen molar-refractivity contribution in [1.29, 1.82) is 0 Å². The van der Waals surface area contributed by atoms with Gasteiger partial charge in [0.05, 0.1) is 22.0 Å². The fourth-order valence-electron chi connectivity index (χ4n) is 1.44. The first-order chi connectivity index (χ1) is 9.81. The highest BCUT2D eigenvalue weighted by Crippen LogP contribution is 2.29. The van der Waals surface area contributed by atoms with Gasteiger partial charge in [0, 0.05) is 4.47 Å².